The van der Waals surface area contributed by atoms with Crippen molar-refractivity contribution in [3.05, 3.63) is 34.4 Å². The van der Waals surface area contributed by atoms with Gasteiger partial charge in [-0.25, -0.2) is 22.4 Å². The molecule has 1 aromatic carbocycles. The minimum atomic E-state index is -5.77. The van der Waals surface area contributed by atoms with Crippen molar-refractivity contribution in [1.29, 1.82) is 0 Å². The summed E-state index contributed by atoms with van der Waals surface area (Å²) in [6.45, 7) is 0. The zero-order chi connectivity index (χ0) is 16.7. The van der Waals surface area contributed by atoms with Crippen LogP contribution >= 0.6 is 0 Å². The molecule has 1 rings (SSSR count). The van der Waals surface area contributed by atoms with Crippen LogP contribution in [0.3, 0.4) is 0 Å². The number of hydrogen-bond donors (Lipinski definition) is 2. The van der Waals surface area contributed by atoms with Crippen molar-refractivity contribution in [2.45, 2.75) is 12.1 Å². The van der Waals surface area contributed by atoms with Gasteiger partial charge in [0.15, 0.2) is 29.2 Å². The third-order valence-electron chi connectivity index (χ3n) is 2.38. The van der Waals surface area contributed by atoms with Gasteiger partial charge in [-0.3, -0.25) is 4.79 Å². The van der Waals surface area contributed by atoms with E-state index in [-0.39, 0.29) is 0 Å². The Bertz CT molecular complexity index is 623. The molecule has 0 spiro atoms. The predicted octanol–water partition coefficient (Wildman–Crippen LogP) is 2.67. The van der Waals surface area contributed by atoms with Gasteiger partial charge in [-0.15, -0.1) is 0 Å². The number of carboxylic acid groups (broad SMARTS) is 2. The van der Waals surface area contributed by atoms with Gasteiger partial charge in [0, 0.05) is 5.56 Å². The molecule has 21 heavy (non-hydrogen) atoms. The number of aliphatic carboxylic acids is 1. The van der Waals surface area contributed by atoms with E-state index in [1.807, 2.05) is 0 Å². The van der Waals surface area contributed by atoms with Crippen molar-refractivity contribution in [3.63, 3.8) is 0 Å². The van der Waals surface area contributed by atoms with Crippen LogP contribution in [-0.2, 0) is 4.79 Å². The smallest absolute Gasteiger partial charge is 0.406 e. The Hall–Kier alpha value is -2.33. The molecule has 0 heterocycles. The molecule has 0 aliphatic carbocycles. The van der Waals surface area contributed by atoms with Crippen LogP contribution in [0.4, 0.5) is 30.7 Å². The van der Waals surface area contributed by atoms with Crippen molar-refractivity contribution < 1.29 is 50.5 Å². The molecule has 0 fully saturated rings. The van der Waals surface area contributed by atoms with E-state index in [1.165, 1.54) is 0 Å². The molecule has 4 nitrogen and oxygen atoms in total. The molecule has 0 radical (unpaired) electrons. The summed E-state index contributed by atoms with van der Waals surface area (Å²) in [6, 6.07) is 0. The van der Waals surface area contributed by atoms with E-state index in [1.54, 1.807) is 0 Å². The van der Waals surface area contributed by atoms with E-state index >= 15 is 0 Å². The topological polar surface area (TPSA) is 74.6 Å². The molecule has 116 valence electrons. The SMILES string of the molecule is O=C(O)c1c(F)c(F)c(F)c(F)c1C(C(=O)O)C(F)(F)F. The second kappa shape index (κ2) is 5.22. The first-order valence-corrected chi connectivity index (χ1v) is 4.79. The van der Waals surface area contributed by atoms with E-state index in [2.05, 4.69) is 0 Å². The second-order valence-corrected chi connectivity index (χ2v) is 3.66. The Morgan fingerprint density at radius 2 is 1.29 bits per heavy atom. The maximum absolute atomic E-state index is 13.4. The summed E-state index contributed by atoms with van der Waals surface area (Å²) in [6.07, 6.45) is -5.77. The first kappa shape index (κ1) is 16.7. The Kier molecular flexibility index (Phi) is 4.16. The lowest BCUT2D eigenvalue weighted by Gasteiger charge is -2.19. The van der Waals surface area contributed by atoms with Crippen LogP contribution in [0, 0.1) is 23.3 Å². The summed E-state index contributed by atoms with van der Waals surface area (Å²) in [4.78, 5) is 21.2. The standard InChI is InChI=1S/C10H3F7O4/c11-4-1(3(9(20)21)10(15,16)17)2(8(18)19)5(12)7(14)6(4)13/h3H,(H,18,19)(H,20,21). The largest absolute Gasteiger partial charge is 0.481 e. The first-order chi connectivity index (χ1) is 9.41. The highest BCUT2D eigenvalue weighted by Crippen LogP contribution is 2.40. The van der Waals surface area contributed by atoms with Crippen LogP contribution in [0.2, 0.25) is 0 Å². The number of carboxylic acids is 2. The molecular formula is C10H3F7O4. The van der Waals surface area contributed by atoms with Crippen molar-refractivity contribution in [2.24, 2.45) is 0 Å². The first-order valence-electron chi connectivity index (χ1n) is 4.79. The predicted molar refractivity (Wildman–Crippen MR) is 49.7 cm³/mol. The normalized spacial score (nSPS) is 13.1. The maximum atomic E-state index is 13.4. The van der Waals surface area contributed by atoms with Crippen LogP contribution in [-0.4, -0.2) is 28.3 Å². The molecular weight excluding hydrogens is 317 g/mol. The van der Waals surface area contributed by atoms with E-state index in [0.29, 0.717) is 0 Å². The highest BCUT2D eigenvalue weighted by Gasteiger charge is 2.51. The zero-order valence-electron chi connectivity index (χ0n) is 9.43. The summed E-state index contributed by atoms with van der Waals surface area (Å²) in [5, 5.41) is 17.0. The molecule has 11 heteroatoms. The maximum Gasteiger partial charge on any atom is 0.406 e. The van der Waals surface area contributed by atoms with Gasteiger partial charge in [0.25, 0.3) is 0 Å². The number of benzene rings is 1. The monoisotopic (exact) mass is 320 g/mol. The van der Waals surface area contributed by atoms with Crippen LogP contribution in [0.15, 0.2) is 0 Å². The average Bonchev–Trinajstić information content (AvgIpc) is 2.30. The average molecular weight is 320 g/mol. The van der Waals surface area contributed by atoms with Crippen LogP contribution in [0.1, 0.15) is 21.8 Å². The van der Waals surface area contributed by atoms with E-state index < -0.39 is 58.4 Å². The molecule has 0 saturated heterocycles. The van der Waals surface area contributed by atoms with Crippen molar-refractivity contribution in [2.75, 3.05) is 0 Å². The lowest BCUT2D eigenvalue weighted by molar-refractivity contribution is -0.177. The summed E-state index contributed by atoms with van der Waals surface area (Å²) in [5.41, 5.74) is -4.59. The third kappa shape index (κ3) is 2.76. The van der Waals surface area contributed by atoms with Gasteiger partial charge >= 0.3 is 18.1 Å². The number of aromatic carboxylic acids is 1. The van der Waals surface area contributed by atoms with Crippen LogP contribution < -0.4 is 0 Å². The molecule has 1 unspecified atom stereocenters. The summed E-state index contributed by atoms with van der Waals surface area (Å²) in [5.74, 6) is -20.1. The van der Waals surface area contributed by atoms with Crippen molar-refractivity contribution >= 4 is 11.9 Å². The minimum absolute atomic E-state index is 2.24. The fourth-order valence-corrected chi connectivity index (χ4v) is 1.56. The molecule has 0 aromatic heterocycles. The number of alkyl halides is 3. The van der Waals surface area contributed by atoms with Gasteiger partial charge in [0.2, 0.25) is 0 Å². The number of hydrogen-bond acceptors (Lipinski definition) is 2. The van der Waals surface area contributed by atoms with Gasteiger partial charge in [-0.1, -0.05) is 0 Å². The summed E-state index contributed by atoms with van der Waals surface area (Å²) in [7, 11) is 0. The highest BCUT2D eigenvalue weighted by atomic mass is 19.4. The fraction of sp³-hybridized carbons (Fsp3) is 0.200. The molecule has 0 amide bonds. The van der Waals surface area contributed by atoms with E-state index in [9.17, 15) is 40.3 Å². The molecule has 2 N–H and O–H groups in total. The highest BCUT2D eigenvalue weighted by molar-refractivity contribution is 5.92. The molecule has 1 atom stereocenters. The number of halogens is 7. The molecule has 0 saturated carbocycles. The Morgan fingerprint density at radius 3 is 1.62 bits per heavy atom. The third-order valence-corrected chi connectivity index (χ3v) is 2.38. The van der Waals surface area contributed by atoms with Crippen molar-refractivity contribution in [1.82, 2.24) is 0 Å². The summed E-state index contributed by atoms with van der Waals surface area (Å²) < 4.78 is 90.2. The van der Waals surface area contributed by atoms with Crippen LogP contribution in [0.25, 0.3) is 0 Å². The Morgan fingerprint density at radius 1 is 0.857 bits per heavy atom. The second-order valence-electron chi connectivity index (χ2n) is 3.66. The van der Waals surface area contributed by atoms with Gasteiger partial charge < -0.3 is 10.2 Å². The zero-order valence-corrected chi connectivity index (χ0v) is 9.43. The summed E-state index contributed by atoms with van der Waals surface area (Å²) >= 11 is 0. The number of carbonyl (C=O) groups is 2. The lowest BCUT2D eigenvalue weighted by Crippen LogP contribution is -2.32. The quantitative estimate of drug-likeness (QED) is 0.510. The van der Waals surface area contributed by atoms with Crippen molar-refractivity contribution in [3.8, 4) is 0 Å². The van der Waals surface area contributed by atoms with Gasteiger partial charge in [-0.2, -0.15) is 13.2 Å². The van der Waals surface area contributed by atoms with E-state index in [4.69, 9.17) is 10.2 Å². The molecule has 0 bridgehead atoms. The Balaban J connectivity index is 3.92. The van der Waals surface area contributed by atoms with E-state index in [0.717, 1.165) is 0 Å². The van der Waals surface area contributed by atoms with Gasteiger partial charge in [-0.05, 0) is 0 Å². The number of rotatable bonds is 3. The fourth-order valence-electron chi connectivity index (χ4n) is 1.56. The minimum Gasteiger partial charge on any atom is -0.481 e. The Labute approximate surface area is 110 Å². The lowest BCUT2D eigenvalue weighted by atomic mass is 9.92. The molecule has 0 aliphatic rings. The van der Waals surface area contributed by atoms with Gasteiger partial charge in [0.05, 0.1) is 0 Å². The van der Waals surface area contributed by atoms with Gasteiger partial charge in [0.1, 0.15) is 5.56 Å². The molecule has 0 aliphatic heterocycles. The molecule has 1 aromatic rings. The van der Waals surface area contributed by atoms with Crippen LogP contribution in [0.5, 0.6) is 0 Å².